The van der Waals surface area contributed by atoms with Gasteiger partial charge < -0.3 is 0 Å². The summed E-state index contributed by atoms with van der Waals surface area (Å²) in [7, 11) is 0. The van der Waals surface area contributed by atoms with Gasteiger partial charge >= 0.3 is 0 Å². The molecule has 0 bridgehead atoms. The summed E-state index contributed by atoms with van der Waals surface area (Å²) in [5.41, 5.74) is 13.2. The maximum Gasteiger partial charge on any atom is 0.181 e. The SMILES string of the molecule is CCCCCCCCCCCCCCc1cc(C)cc(C)[n+]1CCN(CC[n+]1c(C)cc(C)cc1CCCCCCCCCCCCCC)CC[n+]1c(C)cc(C)cc1CCCCCCCCCCCCCC. The topological polar surface area (TPSA) is 14.9 Å². The summed E-state index contributed by atoms with van der Waals surface area (Å²) < 4.78 is 8.10. The van der Waals surface area contributed by atoms with Gasteiger partial charge in [0.15, 0.2) is 53.8 Å². The summed E-state index contributed by atoms with van der Waals surface area (Å²) >= 11 is 0. The van der Waals surface area contributed by atoms with Crippen molar-refractivity contribution in [1.82, 2.24) is 4.90 Å². The molecule has 0 amide bonds. The third-order valence-electron chi connectivity index (χ3n) is 16.6. The highest BCUT2D eigenvalue weighted by Gasteiger charge is 2.23. The van der Waals surface area contributed by atoms with E-state index in [0.29, 0.717) is 0 Å². The highest BCUT2D eigenvalue weighted by atomic mass is 15.2. The van der Waals surface area contributed by atoms with Crippen LogP contribution in [0.1, 0.15) is 303 Å². The van der Waals surface area contributed by atoms with Crippen molar-refractivity contribution in [2.24, 2.45) is 0 Å². The first kappa shape index (κ1) is 64.7. The lowest BCUT2D eigenvalue weighted by atomic mass is 10.0. The minimum Gasteiger partial charge on any atom is -0.285 e. The van der Waals surface area contributed by atoms with Crippen LogP contribution in [0, 0.1) is 41.5 Å². The molecule has 73 heavy (non-hydrogen) atoms. The van der Waals surface area contributed by atoms with E-state index in [1.807, 2.05) is 0 Å². The monoisotopic (exact) mass is 1010 g/mol. The Morgan fingerprint density at radius 3 is 0.658 bits per heavy atom. The Kier molecular flexibility index (Phi) is 37.7. The standard InChI is InChI=1S/C69H123N4/c1-10-13-16-19-22-25-28-31-34-37-40-43-46-67-58-61(4)55-64(7)71(67)52-49-70(50-53-72-65(8)56-62(5)59-68(72)47-44-41-38-35-32-29-26-23-20-17-14-11-2)51-54-73-66(9)57-63(6)60-69(73)48-45-42-39-36-33-30-27-24-21-18-15-12-3/h55-60H,10-54H2,1-9H3/q+3. The molecule has 4 nitrogen and oxygen atoms in total. The molecule has 4 heteroatoms. The fourth-order valence-corrected chi connectivity index (χ4v) is 12.1. The zero-order valence-electron chi connectivity index (χ0n) is 50.6. The molecule has 0 aliphatic carbocycles. The smallest absolute Gasteiger partial charge is 0.181 e. The number of aromatic nitrogens is 3. The van der Waals surface area contributed by atoms with Crippen molar-refractivity contribution in [2.75, 3.05) is 19.6 Å². The summed E-state index contributed by atoms with van der Waals surface area (Å²) in [5, 5.41) is 0. The average molecular weight is 1010 g/mol. The Morgan fingerprint density at radius 1 is 0.260 bits per heavy atom. The van der Waals surface area contributed by atoms with Crippen LogP contribution in [0.5, 0.6) is 0 Å². The lowest BCUT2D eigenvalue weighted by Gasteiger charge is -2.21. The van der Waals surface area contributed by atoms with Crippen LogP contribution in [0.25, 0.3) is 0 Å². The van der Waals surface area contributed by atoms with E-state index in [4.69, 9.17) is 0 Å². The van der Waals surface area contributed by atoms with Crippen molar-refractivity contribution in [1.29, 1.82) is 0 Å². The van der Waals surface area contributed by atoms with E-state index >= 15 is 0 Å². The van der Waals surface area contributed by atoms with Gasteiger partial charge in [0.1, 0.15) is 0 Å². The van der Waals surface area contributed by atoms with Crippen molar-refractivity contribution in [3.8, 4) is 0 Å². The van der Waals surface area contributed by atoms with E-state index < -0.39 is 0 Å². The van der Waals surface area contributed by atoms with E-state index in [1.165, 1.54) is 284 Å². The number of aryl methyl sites for hydroxylation is 9. The Morgan fingerprint density at radius 2 is 0.452 bits per heavy atom. The largest absolute Gasteiger partial charge is 0.285 e. The van der Waals surface area contributed by atoms with Gasteiger partial charge in [-0.15, -0.1) is 0 Å². The number of nitrogens with zero attached hydrogens (tertiary/aromatic N) is 4. The van der Waals surface area contributed by atoms with Crippen LogP contribution in [0.4, 0.5) is 0 Å². The Labute approximate surface area is 455 Å². The number of hydrogen-bond donors (Lipinski definition) is 0. The molecule has 0 aliphatic rings. The molecule has 0 N–H and O–H groups in total. The van der Waals surface area contributed by atoms with Crippen molar-refractivity contribution in [3.05, 3.63) is 87.3 Å². The van der Waals surface area contributed by atoms with Gasteiger partial charge in [-0.2, -0.15) is 13.7 Å². The lowest BCUT2D eigenvalue weighted by Crippen LogP contribution is -2.52. The minimum atomic E-state index is 1.06. The molecule has 0 saturated heterocycles. The highest BCUT2D eigenvalue weighted by molar-refractivity contribution is 5.16. The number of unbranched alkanes of at least 4 members (excludes halogenated alkanes) is 33. The van der Waals surface area contributed by atoms with Gasteiger partial charge in [0.25, 0.3) is 0 Å². The highest BCUT2D eigenvalue weighted by Crippen LogP contribution is 2.18. The molecule has 0 fully saturated rings. The van der Waals surface area contributed by atoms with Crippen molar-refractivity contribution < 1.29 is 13.7 Å². The van der Waals surface area contributed by atoms with Gasteiger partial charge in [-0.05, 0) is 56.7 Å². The van der Waals surface area contributed by atoms with Crippen LogP contribution in [0.3, 0.4) is 0 Å². The van der Waals surface area contributed by atoms with Crippen LogP contribution in [-0.4, -0.2) is 24.5 Å². The molecule has 416 valence electrons. The minimum absolute atomic E-state index is 1.06. The van der Waals surface area contributed by atoms with Crippen molar-refractivity contribution in [2.45, 2.75) is 332 Å². The van der Waals surface area contributed by atoms with Crippen LogP contribution < -0.4 is 13.7 Å². The first-order chi connectivity index (χ1) is 35.7. The molecule has 3 heterocycles. The maximum absolute atomic E-state index is 2.83. The van der Waals surface area contributed by atoms with E-state index in [1.54, 1.807) is 17.1 Å². The molecule has 0 spiro atoms. The lowest BCUT2D eigenvalue weighted by molar-refractivity contribution is -0.718. The van der Waals surface area contributed by atoms with Gasteiger partial charge in [0.05, 0.1) is 19.6 Å². The molecule has 3 aromatic rings. The van der Waals surface area contributed by atoms with E-state index in [2.05, 4.69) is 117 Å². The zero-order chi connectivity index (χ0) is 52.6. The zero-order valence-corrected chi connectivity index (χ0v) is 50.6. The molecule has 0 saturated carbocycles. The number of hydrogen-bond acceptors (Lipinski definition) is 1. The van der Waals surface area contributed by atoms with E-state index in [-0.39, 0.29) is 0 Å². The second-order valence-corrected chi connectivity index (χ2v) is 23.7. The fourth-order valence-electron chi connectivity index (χ4n) is 12.1. The summed E-state index contributed by atoms with van der Waals surface area (Å²) in [6.07, 6.45) is 54.2. The average Bonchev–Trinajstić information content (AvgIpc) is 3.36. The molecular formula is C69H123N4+3. The fraction of sp³-hybridized carbons (Fsp3) is 0.783. The molecule has 0 atom stereocenters. The molecule has 0 unspecified atom stereocenters. The van der Waals surface area contributed by atoms with Crippen LogP contribution in [-0.2, 0) is 38.9 Å². The van der Waals surface area contributed by atoms with Gasteiger partial charge in [0, 0.05) is 76.4 Å². The third-order valence-corrected chi connectivity index (χ3v) is 16.6. The summed E-state index contributed by atoms with van der Waals surface area (Å²) in [5.74, 6) is 0. The van der Waals surface area contributed by atoms with Crippen molar-refractivity contribution in [3.63, 3.8) is 0 Å². The van der Waals surface area contributed by atoms with Crippen molar-refractivity contribution >= 4 is 0 Å². The molecular weight excluding hydrogens is 885 g/mol. The van der Waals surface area contributed by atoms with E-state index in [0.717, 1.165) is 39.3 Å². The number of pyridine rings is 3. The first-order valence-electron chi connectivity index (χ1n) is 32.4. The van der Waals surface area contributed by atoms with Gasteiger partial charge in [-0.1, -0.05) is 233 Å². The molecule has 0 aliphatic heterocycles. The van der Waals surface area contributed by atoms with E-state index in [9.17, 15) is 0 Å². The van der Waals surface area contributed by atoms with Crippen LogP contribution in [0.2, 0.25) is 0 Å². The predicted molar refractivity (Wildman–Crippen MR) is 319 cm³/mol. The van der Waals surface area contributed by atoms with Gasteiger partial charge in [0.2, 0.25) is 0 Å². The first-order valence-corrected chi connectivity index (χ1v) is 32.4. The Hall–Kier alpha value is -2.59. The Balaban J connectivity index is 1.67. The van der Waals surface area contributed by atoms with Gasteiger partial charge in [-0.3, -0.25) is 4.90 Å². The predicted octanol–water partition coefficient (Wildman–Crippen LogP) is 18.8. The summed E-state index contributed by atoms with van der Waals surface area (Å²) in [4.78, 5) is 2.83. The quantitative estimate of drug-likeness (QED) is 0.0406. The number of rotatable bonds is 48. The van der Waals surface area contributed by atoms with Crippen LogP contribution >= 0.6 is 0 Å². The second-order valence-electron chi connectivity index (χ2n) is 23.7. The third kappa shape index (κ3) is 30.1. The van der Waals surface area contributed by atoms with Gasteiger partial charge in [-0.25, -0.2) is 0 Å². The molecule has 3 rings (SSSR count). The molecule has 3 aromatic heterocycles. The summed E-state index contributed by atoms with van der Waals surface area (Å²) in [6, 6.07) is 14.8. The van der Waals surface area contributed by atoms with Crippen LogP contribution in [0.15, 0.2) is 36.4 Å². The summed E-state index contributed by atoms with van der Waals surface area (Å²) in [6.45, 7) is 27.4. The Bertz CT molecular complexity index is 1600. The molecule has 0 radical (unpaired) electrons. The molecule has 0 aromatic carbocycles. The normalized spacial score (nSPS) is 11.8. The second kappa shape index (κ2) is 42.5. The maximum atomic E-state index is 2.83.